The molecule has 0 spiro atoms. The van der Waals surface area contributed by atoms with Gasteiger partial charge in [0.25, 0.3) is 5.91 Å². The van der Waals surface area contributed by atoms with Crippen molar-refractivity contribution < 1.29 is 9.21 Å². The van der Waals surface area contributed by atoms with E-state index in [0.29, 0.717) is 17.5 Å². The molecule has 5 heteroatoms. The summed E-state index contributed by atoms with van der Waals surface area (Å²) in [7, 11) is 3.94. The number of rotatable bonds is 5. The van der Waals surface area contributed by atoms with Crippen LogP contribution in [0.5, 0.6) is 0 Å². The van der Waals surface area contributed by atoms with Crippen LogP contribution in [-0.2, 0) is 0 Å². The summed E-state index contributed by atoms with van der Waals surface area (Å²) >= 11 is 0. The second-order valence-corrected chi connectivity index (χ2v) is 7.07. The molecule has 140 valence electrons. The third-order valence-electron chi connectivity index (χ3n) is 4.65. The van der Waals surface area contributed by atoms with Crippen molar-refractivity contribution in [3.8, 4) is 0 Å². The number of amides is 1. The number of fused-ring (bicyclic) bond motifs is 1. The minimum atomic E-state index is -0.394. The van der Waals surface area contributed by atoms with Crippen molar-refractivity contribution in [2.75, 3.05) is 20.6 Å². The van der Waals surface area contributed by atoms with Gasteiger partial charge in [-0.2, -0.15) is 0 Å². The lowest BCUT2D eigenvalue weighted by molar-refractivity contribution is 0.0914. The summed E-state index contributed by atoms with van der Waals surface area (Å²) in [5.74, 6) is -0.367. The molecule has 1 amide bonds. The first kappa shape index (κ1) is 18.9. The molecule has 27 heavy (non-hydrogen) atoms. The number of nitrogens with one attached hydrogen (secondary N) is 1. The molecule has 0 aliphatic heterocycles. The van der Waals surface area contributed by atoms with E-state index in [-0.39, 0.29) is 17.2 Å². The van der Waals surface area contributed by atoms with Crippen molar-refractivity contribution in [1.29, 1.82) is 0 Å². The standard InChI is InChI=1S/C22H24N2O3/c1-14-5-8-16(9-6-14)18(24(3)4)13-23-22(26)21-12-19(25)17-10-7-15(2)11-20(17)27-21/h5-12,18H,13H2,1-4H3,(H,23,26)/t18-/m0/s1. The normalized spacial score (nSPS) is 12.3. The Bertz CT molecular complexity index is 1020. The Hall–Kier alpha value is -2.92. The number of nitrogens with zero attached hydrogens (tertiary/aromatic N) is 1. The Morgan fingerprint density at radius 1 is 1.04 bits per heavy atom. The fourth-order valence-corrected chi connectivity index (χ4v) is 3.04. The molecule has 0 bridgehead atoms. The highest BCUT2D eigenvalue weighted by Gasteiger charge is 2.18. The van der Waals surface area contributed by atoms with Crippen molar-refractivity contribution in [2.24, 2.45) is 0 Å². The predicted molar refractivity (Wildman–Crippen MR) is 107 cm³/mol. The van der Waals surface area contributed by atoms with E-state index < -0.39 is 5.91 Å². The highest BCUT2D eigenvalue weighted by molar-refractivity contribution is 5.93. The number of carbonyl (C=O) groups excluding carboxylic acids is 1. The molecule has 5 nitrogen and oxygen atoms in total. The molecule has 2 aromatic carbocycles. The van der Waals surface area contributed by atoms with Crippen LogP contribution in [0.25, 0.3) is 11.0 Å². The minimum absolute atomic E-state index is 0.0176. The number of benzene rings is 2. The van der Waals surface area contributed by atoms with Crippen molar-refractivity contribution in [2.45, 2.75) is 19.9 Å². The number of likely N-dealkylation sites (N-methyl/N-ethyl adjacent to an activating group) is 1. The van der Waals surface area contributed by atoms with Gasteiger partial charge in [0.1, 0.15) is 5.58 Å². The Labute approximate surface area is 158 Å². The van der Waals surface area contributed by atoms with Gasteiger partial charge in [-0.1, -0.05) is 35.9 Å². The molecule has 0 aliphatic carbocycles. The van der Waals surface area contributed by atoms with Gasteiger partial charge in [0.15, 0.2) is 11.2 Å². The summed E-state index contributed by atoms with van der Waals surface area (Å²) in [6.07, 6.45) is 0. The van der Waals surface area contributed by atoms with Crippen molar-refractivity contribution in [3.05, 3.63) is 81.2 Å². The van der Waals surface area contributed by atoms with Crippen LogP contribution in [0.2, 0.25) is 0 Å². The minimum Gasteiger partial charge on any atom is -0.451 e. The first-order valence-electron chi connectivity index (χ1n) is 8.91. The van der Waals surface area contributed by atoms with Gasteiger partial charge in [0, 0.05) is 12.6 Å². The van der Waals surface area contributed by atoms with Gasteiger partial charge < -0.3 is 14.6 Å². The number of hydrogen-bond donors (Lipinski definition) is 1. The van der Waals surface area contributed by atoms with Crippen LogP contribution >= 0.6 is 0 Å². The van der Waals surface area contributed by atoms with Gasteiger partial charge in [-0.3, -0.25) is 9.59 Å². The van der Waals surface area contributed by atoms with Gasteiger partial charge >= 0.3 is 0 Å². The second kappa shape index (κ2) is 7.76. The Kier molecular flexibility index (Phi) is 5.42. The first-order valence-corrected chi connectivity index (χ1v) is 8.91. The number of hydrogen-bond acceptors (Lipinski definition) is 4. The molecular formula is C22H24N2O3. The van der Waals surface area contributed by atoms with Crippen LogP contribution in [0, 0.1) is 13.8 Å². The Balaban J connectivity index is 1.81. The van der Waals surface area contributed by atoms with Gasteiger partial charge in [-0.15, -0.1) is 0 Å². The smallest absolute Gasteiger partial charge is 0.287 e. The van der Waals surface area contributed by atoms with Crippen LogP contribution in [0.4, 0.5) is 0 Å². The average Bonchev–Trinajstić information content (AvgIpc) is 2.62. The van der Waals surface area contributed by atoms with E-state index in [9.17, 15) is 9.59 Å². The molecule has 1 heterocycles. The number of aryl methyl sites for hydroxylation is 2. The summed E-state index contributed by atoms with van der Waals surface area (Å²) in [6, 6.07) is 14.8. The van der Waals surface area contributed by atoms with E-state index in [4.69, 9.17) is 4.42 Å². The molecule has 3 rings (SSSR count). The molecule has 3 aromatic rings. The summed E-state index contributed by atoms with van der Waals surface area (Å²) in [4.78, 5) is 26.9. The van der Waals surface area contributed by atoms with Crippen LogP contribution in [0.3, 0.4) is 0 Å². The van der Waals surface area contributed by atoms with Crippen LogP contribution < -0.4 is 10.7 Å². The highest BCUT2D eigenvalue weighted by atomic mass is 16.3. The molecule has 0 saturated heterocycles. The third kappa shape index (κ3) is 4.26. The van der Waals surface area contributed by atoms with Gasteiger partial charge in [-0.05, 0) is 51.2 Å². The van der Waals surface area contributed by atoms with E-state index in [1.54, 1.807) is 12.1 Å². The lowest BCUT2D eigenvalue weighted by Crippen LogP contribution is -2.34. The summed E-state index contributed by atoms with van der Waals surface area (Å²) < 4.78 is 5.67. The molecule has 0 unspecified atom stereocenters. The van der Waals surface area contributed by atoms with Crippen LogP contribution in [-0.4, -0.2) is 31.4 Å². The second-order valence-electron chi connectivity index (χ2n) is 7.07. The largest absolute Gasteiger partial charge is 0.451 e. The third-order valence-corrected chi connectivity index (χ3v) is 4.65. The Morgan fingerprint density at radius 3 is 2.37 bits per heavy atom. The molecule has 1 aromatic heterocycles. The molecular weight excluding hydrogens is 340 g/mol. The summed E-state index contributed by atoms with van der Waals surface area (Å²) in [5.41, 5.74) is 3.48. The lowest BCUT2D eigenvalue weighted by atomic mass is 10.0. The van der Waals surface area contributed by atoms with E-state index in [1.165, 1.54) is 11.6 Å². The van der Waals surface area contributed by atoms with Gasteiger partial charge in [0.2, 0.25) is 0 Å². The molecule has 1 atom stereocenters. The van der Waals surface area contributed by atoms with Gasteiger partial charge in [0.05, 0.1) is 11.4 Å². The SMILES string of the molecule is Cc1ccc([C@H](CNC(=O)c2cc(=O)c3ccc(C)cc3o2)N(C)C)cc1. The van der Waals surface area contributed by atoms with E-state index in [0.717, 1.165) is 11.1 Å². The maximum Gasteiger partial charge on any atom is 0.287 e. The maximum atomic E-state index is 12.6. The van der Waals surface area contributed by atoms with Crippen molar-refractivity contribution in [1.82, 2.24) is 10.2 Å². The molecule has 0 aliphatic rings. The molecule has 1 N–H and O–H groups in total. The van der Waals surface area contributed by atoms with Crippen molar-refractivity contribution >= 4 is 16.9 Å². The van der Waals surface area contributed by atoms with E-state index >= 15 is 0 Å². The quantitative estimate of drug-likeness (QED) is 0.753. The zero-order valence-electron chi connectivity index (χ0n) is 16.1. The zero-order valence-corrected chi connectivity index (χ0v) is 16.1. The van der Waals surface area contributed by atoms with Crippen LogP contribution in [0.15, 0.2) is 57.7 Å². The highest BCUT2D eigenvalue weighted by Crippen LogP contribution is 2.19. The predicted octanol–water partition coefficient (Wildman–Crippen LogP) is 3.44. The molecule has 0 saturated carbocycles. The van der Waals surface area contributed by atoms with E-state index in [1.807, 2.05) is 38.9 Å². The van der Waals surface area contributed by atoms with Crippen LogP contribution in [0.1, 0.15) is 33.3 Å². The maximum absolute atomic E-state index is 12.6. The fourth-order valence-electron chi connectivity index (χ4n) is 3.04. The Morgan fingerprint density at radius 2 is 1.70 bits per heavy atom. The summed E-state index contributed by atoms with van der Waals surface area (Å²) in [6.45, 7) is 4.36. The molecule has 0 radical (unpaired) electrons. The topological polar surface area (TPSA) is 62.6 Å². The first-order chi connectivity index (χ1) is 12.8. The average molecular weight is 364 g/mol. The summed E-state index contributed by atoms with van der Waals surface area (Å²) in [5, 5.41) is 3.36. The monoisotopic (exact) mass is 364 g/mol. The van der Waals surface area contributed by atoms with Gasteiger partial charge in [-0.25, -0.2) is 0 Å². The number of carbonyl (C=O) groups is 1. The fraction of sp³-hybridized carbons (Fsp3) is 0.273. The zero-order chi connectivity index (χ0) is 19.6. The lowest BCUT2D eigenvalue weighted by Gasteiger charge is -2.25. The van der Waals surface area contributed by atoms with Crippen molar-refractivity contribution in [3.63, 3.8) is 0 Å². The van der Waals surface area contributed by atoms with E-state index in [2.05, 4.69) is 29.6 Å². The molecule has 0 fully saturated rings.